The first kappa shape index (κ1) is 15.3. The van der Waals surface area contributed by atoms with E-state index in [2.05, 4.69) is 5.16 Å². The Hall–Kier alpha value is -2.11. The molecule has 1 aromatic rings. The lowest BCUT2D eigenvalue weighted by Crippen LogP contribution is -2.45. The summed E-state index contributed by atoms with van der Waals surface area (Å²) in [5, 5.41) is 11.6. The average molecular weight is 293 g/mol. The van der Waals surface area contributed by atoms with E-state index >= 15 is 0 Å². The minimum atomic E-state index is -0.388. The first-order valence-corrected chi connectivity index (χ1v) is 7.11. The summed E-state index contributed by atoms with van der Waals surface area (Å²) in [6, 6.07) is 6.32. The van der Waals surface area contributed by atoms with Crippen molar-refractivity contribution < 1.29 is 14.4 Å². The molecule has 0 aliphatic heterocycles. The molecule has 0 heterocycles. The first-order chi connectivity index (χ1) is 10.1. The molecule has 0 spiro atoms. The molecule has 1 amide bonds. The van der Waals surface area contributed by atoms with Crippen LogP contribution in [0, 0.1) is 5.82 Å². The second kappa shape index (κ2) is 7.06. The molecule has 2 rings (SSSR count). The van der Waals surface area contributed by atoms with Crippen LogP contribution in [0.3, 0.4) is 0 Å². The van der Waals surface area contributed by atoms with Gasteiger partial charge in [-0.2, -0.15) is 0 Å². The number of amides is 1. The fourth-order valence-electron chi connectivity index (χ4n) is 2.75. The molecule has 114 valence electrons. The zero-order chi connectivity index (χ0) is 15.2. The number of oxime groups is 1. The van der Waals surface area contributed by atoms with Gasteiger partial charge in [-0.25, -0.2) is 4.39 Å². The van der Waals surface area contributed by atoms with Crippen molar-refractivity contribution >= 4 is 11.7 Å². The second-order valence-electron chi connectivity index (χ2n) is 5.32. The van der Waals surface area contributed by atoms with Crippen molar-refractivity contribution in [1.82, 2.24) is 4.90 Å². The lowest BCUT2D eigenvalue weighted by atomic mass is 10.1. The standard InChI is InChI=1S/C15H20FN3O2/c16-13-8-4-1-5-11(13)9-15(20)19(10-14(17)18-21)12-6-2-3-7-12/h1,4-5,8,12,21H,2-3,6-7,9-10H2,(H2,17,18). The Bertz CT molecular complexity index is 527. The molecular formula is C15H20FN3O2. The van der Waals surface area contributed by atoms with Gasteiger partial charge in [0.2, 0.25) is 5.91 Å². The van der Waals surface area contributed by atoms with Crippen molar-refractivity contribution in [1.29, 1.82) is 0 Å². The Balaban J connectivity index is 2.11. The largest absolute Gasteiger partial charge is 0.409 e. The van der Waals surface area contributed by atoms with Crippen LogP contribution in [0.2, 0.25) is 0 Å². The molecule has 6 heteroatoms. The van der Waals surface area contributed by atoms with Crippen LogP contribution in [0.15, 0.2) is 29.4 Å². The summed E-state index contributed by atoms with van der Waals surface area (Å²) in [5.74, 6) is -0.594. The quantitative estimate of drug-likeness (QED) is 0.376. The van der Waals surface area contributed by atoms with Gasteiger partial charge in [-0.3, -0.25) is 4.79 Å². The van der Waals surface area contributed by atoms with Gasteiger partial charge in [-0.15, -0.1) is 0 Å². The van der Waals surface area contributed by atoms with Crippen LogP contribution in [0.4, 0.5) is 4.39 Å². The number of benzene rings is 1. The van der Waals surface area contributed by atoms with Crippen LogP contribution in [-0.4, -0.2) is 34.4 Å². The molecule has 1 saturated carbocycles. The summed E-state index contributed by atoms with van der Waals surface area (Å²) in [6.45, 7) is 0.0778. The highest BCUT2D eigenvalue weighted by molar-refractivity contribution is 5.88. The number of amidine groups is 1. The van der Waals surface area contributed by atoms with E-state index in [1.807, 2.05) is 0 Å². The maximum absolute atomic E-state index is 13.7. The zero-order valence-electron chi connectivity index (χ0n) is 11.8. The number of nitrogens with two attached hydrogens (primary N) is 1. The van der Waals surface area contributed by atoms with Gasteiger partial charge in [0.05, 0.1) is 13.0 Å². The van der Waals surface area contributed by atoms with Gasteiger partial charge in [0.1, 0.15) is 5.82 Å². The van der Waals surface area contributed by atoms with Crippen molar-refractivity contribution in [3.05, 3.63) is 35.6 Å². The minimum absolute atomic E-state index is 0.0104. The summed E-state index contributed by atoms with van der Waals surface area (Å²) in [5.41, 5.74) is 5.90. The van der Waals surface area contributed by atoms with Crippen molar-refractivity contribution in [3.63, 3.8) is 0 Å². The van der Waals surface area contributed by atoms with Crippen molar-refractivity contribution in [2.75, 3.05) is 6.54 Å². The highest BCUT2D eigenvalue weighted by atomic mass is 19.1. The summed E-state index contributed by atoms with van der Waals surface area (Å²) < 4.78 is 13.7. The average Bonchev–Trinajstić information content (AvgIpc) is 3.00. The number of rotatable bonds is 5. The Morgan fingerprint density at radius 3 is 2.67 bits per heavy atom. The lowest BCUT2D eigenvalue weighted by Gasteiger charge is -2.28. The lowest BCUT2D eigenvalue weighted by molar-refractivity contribution is -0.131. The monoisotopic (exact) mass is 293 g/mol. The number of carbonyl (C=O) groups is 1. The van der Waals surface area contributed by atoms with E-state index in [-0.39, 0.29) is 36.6 Å². The third kappa shape index (κ3) is 3.93. The second-order valence-corrected chi connectivity index (χ2v) is 5.32. The van der Waals surface area contributed by atoms with E-state index in [1.165, 1.54) is 6.07 Å². The number of nitrogens with zero attached hydrogens (tertiary/aromatic N) is 2. The number of hydrogen-bond acceptors (Lipinski definition) is 3. The van der Waals surface area contributed by atoms with Gasteiger partial charge in [0.25, 0.3) is 0 Å². The molecule has 0 atom stereocenters. The molecule has 1 aliphatic rings. The van der Waals surface area contributed by atoms with E-state index in [0.717, 1.165) is 25.7 Å². The summed E-state index contributed by atoms with van der Waals surface area (Å²) in [7, 11) is 0. The van der Waals surface area contributed by atoms with Crippen LogP contribution < -0.4 is 5.73 Å². The van der Waals surface area contributed by atoms with Gasteiger partial charge in [-0.1, -0.05) is 36.2 Å². The first-order valence-electron chi connectivity index (χ1n) is 7.11. The van der Waals surface area contributed by atoms with Gasteiger partial charge in [-0.05, 0) is 24.5 Å². The molecule has 0 unspecified atom stereocenters. The van der Waals surface area contributed by atoms with Crippen molar-refractivity contribution in [2.45, 2.75) is 38.1 Å². The Morgan fingerprint density at radius 2 is 2.05 bits per heavy atom. The topological polar surface area (TPSA) is 78.9 Å². The predicted octanol–water partition coefficient (Wildman–Crippen LogP) is 1.89. The SMILES string of the molecule is NC(CN(C(=O)Cc1ccccc1F)C1CCCC1)=NO. The molecular weight excluding hydrogens is 273 g/mol. The molecule has 1 aliphatic carbocycles. The van der Waals surface area contributed by atoms with Crippen molar-refractivity contribution in [3.8, 4) is 0 Å². The van der Waals surface area contributed by atoms with Gasteiger partial charge in [0.15, 0.2) is 5.84 Å². The number of hydrogen-bond donors (Lipinski definition) is 2. The maximum Gasteiger partial charge on any atom is 0.227 e. The highest BCUT2D eigenvalue weighted by Gasteiger charge is 2.27. The van der Waals surface area contributed by atoms with E-state index in [1.54, 1.807) is 23.1 Å². The van der Waals surface area contributed by atoms with Gasteiger partial charge in [0, 0.05) is 6.04 Å². The number of halogens is 1. The normalized spacial score (nSPS) is 16.1. The van der Waals surface area contributed by atoms with E-state index < -0.39 is 0 Å². The van der Waals surface area contributed by atoms with Gasteiger partial charge < -0.3 is 15.8 Å². The van der Waals surface area contributed by atoms with Crippen LogP contribution in [0.25, 0.3) is 0 Å². The third-order valence-corrected chi connectivity index (χ3v) is 3.85. The highest BCUT2D eigenvalue weighted by Crippen LogP contribution is 2.24. The van der Waals surface area contributed by atoms with E-state index in [0.29, 0.717) is 5.56 Å². The van der Waals surface area contributed by atoms with Crippen LogP contribution in [-0.2, 0) is 11.2 Å². The predicted molar refractivity (Wildman–Crippen MR) is 77.5 cm³/mol. The summed E-state index contributed by atoms with van der Waals surface area (Å²) in [4.78, 5) is 14.1. The molecule has 1 aromatic carbocycles. The molecule has 0 aromatic heterocycles. The molecule has 3 N–H and O–H groups in total. The Kier molecular flexibility index (Phi) is 5.14. The molecule has 21 heavy (non-hydrogen) atoms. The number of carbonyl (C=O) groups excluding carboxylic acids is 1. The fourth-order valence-corrected chi connectivity index (χ4v) is 2.75. The fraction of sp³-hybridized carbons (Fsp3) is 0.467. The van der Waals surface area contributed by atoms with Gasteiger partial charge >= 0.3 is 0 Å². The zero-order valence-corrected chi connectivity index (χ0v) is 11.8. The Morgan fingerprint density at radius 1 is 1.38 bits per heavy atom. The molecule has 5 nitrogen and oxygen atoms in total. The molecule has 1 fully saturated rings. The molecule has 0 radical (unpaired) electrons. The summed E-state index contributed by atoms with van der Waals surface area (Å²) in [6.07, 6.45) is 3.92. The maximum atomic E-state index is 13.7. The molecule has 0 bridgehead atoms. The third-order valence-electron chi connectivity index (χ3n) is 3.85. The minimum Gasteiger partial charge on any atom is -0.409 e. The van der Waals surface area contributed by atoms with Crippen LogP contribution in [0.5, 0.6) is 0 Å². The van der Waals surface area contributed by atoms with E-state index in [9.17, 15) is 9.18 Å². The van der Waals surface area contributed by atoms with Crippen LogP contribution >= 0.6 is 0 Å². The summed E-state index contributed by atoms with van der Waals surface area (Å²) >= 11 is 0. The van der Waals surface area contributed by atoms with Crippen LogP contribution in [0.1, 0.15) is 31.2 Å². The van der Waals surface area contributed by atoms with Crippen molar-refractivity contribution in [2.24, 2.45) is 10.9 Å². The Labute approximate surface area is 123 Å². The van der Waals surface area contributed by atoms with E-state index in [4.69, 9.17) is 10.9 Å². The molecule has 0 saturated heterocycles. The smallest absolute Gasteiger partial charge is 0.227 e.